The van der Waals surface area contributed by atoms with E-state index < -0.39 is 5.82 Å². The summed E-state index contributed by atoms with van der Waals surface area (Å²) in [4.78, 5) is 6.91. The van der Waals surface area contributed by atoms with Crippen LogP contribution in [-0.4, -0.2) is 36.2 Å². The predicted molar refractivity (Wildman–Crippen MR) is 113 cm³/mol. The van der Waals surface area contributed by atoms with Crippen LogP contribution in [0.25, 0.3) is 11.5 Å². The van der Waals surface area contributed by atoms with E-state index >= 15 is 0 Å². The molecular formula is C24H27FN2O3. The van der Waals surface area contributed by atoms with Crippen molar-refractivity contribution in [2.45, 2.75) is 39.0 Å². The van der Waals surface area contributed by atoms with Gasteiger partial charge in [0, 0.05) is 19.2 Å². The van der Waals surface area contributed by atoms with Gasteiger partial charge in [-0.05, 0) is 44.0 Å². The second-order valence-corrected chi connectivity index (χ2v) is 7.66. The maximum Gasteiger partial charge on any atom is 0.229 e. The number of halogens is 1. The molecule has 1 atom stereocenters. The van der Waals surface area contributed by atoms with Gasteiger partial charge < -0.3 is 13.9 Å². The minimum Gasteiger partial charge on any atom is -0.497 e. The van der Waals surface area contributed by atoms with Gasteiger partial charge in [-0.1, -0.05) is 30.3 Å². The third-order valence-corrected chi connectivity index (χ3v) is 5.46. The Labute approximate surface area is 176 Å². The lowest BCUT2D eigenvalue weighted by Crippen LogP contribution is -2.39. The fourth-order valence-corrected chi connectivity index (χ4v) is 3.78. The summed E-state index contributed by atoms with van der Waals surface area (Å²) in [6, 6.07) is 14.9. The van der Waals surface area contributed by atoms with Crippen LogP contribution in [0.2, 0.25) is 0 Å². The average Bonchev–Trinajstić information content (AvgIpc) is 3.13. The Morgan fingerprint density at radius 1 is 1.20 bits per heavy atom. The number of ether oxygens (including phenoxy) is 2. The molecule has 2 aromatic carbocycles. The van der Waals surface area contributed by atoms with Crippen molar-refractivity contribution >= 4 is 0 Å². The number of aryl methyl sites for hydroxylation is 1. The molecule has 0 unspecified atom stereocenters. The number of aromatic nitrogens is 1. The van der Waals surface area contributed by atoms with Crippen LogP contribution in [0.3, 0.4) is 0 Å². The molecule has 4 rings (SSSR count). The van der Waals surface area contributed by atoms with Gasteiger partial charge in [-0.2, -0.15) is 0 Å². The zero-order chi connectivity index (χ0) is 20.9. The largest absolute Gasteiger partial charge is 0.497 e. The SMILES string of the molecule is COc1ccc(-c2nc(CN3CCC[C@@H](OCc4ccccc4)C3)c(C)o2)c(F)c1. The lowest BCUT2D eigenvalue weighted by atomic mass is 10.1. The van der Waals surface area contributed by atoms with E-state index in [0.717, 1.165) is 31.6 Å². The first-order chi connectivity index (χ1) is 14.6. The van der Waals surface area contributed by atoms with E-state index in [9.17, 15) is 4.39 Å². The van der Waals surface area contributed by atoms with Crippen molar-refractivity contribution in [2.75, 3.05) is 20.2 Å². The Balaban J connectivity index is 1.39. The molecule has 1 aliphatic rings. The number of methoxy groups -OCH3 is 1. The van der Waals surface area contributed by atoms with Crippen LogP contribution in [0.1, 0.15) is 29.9 Å². The van der Waals surface area contributed by atoms with Gasteiger partial charge in [0.2, 0.25) is 5.89 Å². The summed E-state index contributed by atoms with van der Waals surface area (Å²) in [7, 11) is 1.51. The van der Waals surface area contributed by atoms with Crippen molar-refractivity contribution < 1.29 is 18.3 Å². The van der Waals surface area contributed by atoms with Gasteiger partial charge in [0.15, 0.2) is 0 Å². The highest BCUT2D eigenvalue weighted by Gasteiger charge is 2.23. The first-order valence-electron chi connectivity index (χ1n) is 10.3. The number of rotatable bonds is 7. The molecule has 3 aromatic rings. The van der Waals surface area contributed by atoms with Crippen LogP contribution in [0.4, 0.5) is 4.39 Å². The summed E-state index contributed by atoms with van der Waals surface area (Å²) in [5.41, 5.74) is 2.37. The molecule has 5 nitrogen and oxygen atoms in total. The molecule has 1 saturated heterocycles. The minimum absolute atomic E-state index is 0.199. The maximum atomic E-state index is 14.4. The van der Waals surface area contributed by atoms with Gasteiger partial charge in [0.05, 0.1) is 31.1 Å². The van der Waals surface area contributed by atoms with E-state index in [1.165, 1.54) is 18.7 Å². The lowest BCUT2D eigenvalue weighted by molar-refractivity contribution is -0.0123. The van der Waals surface area contributed by atoms with Gasteiger partial charge in [-0.3, -0.25) is 4.90 Å². The second kappa shape index (κ2) is 9.41. The molecule has 1 fully saturated rings. The quantitative estimate of drug-likeness (QED) is 0.550. The topological polar surface area (TPSA) is 47.7 Å². The zero-order valence-corrected chi connectivity index (χ0v) is 17.4. The van der Waals surface area contributed by atoms with Gasteiger partial charge in [0.1, 0.15) is 17.3 Å². The Hall–Kier alpha value is -2.70. The van der Waals surface area contributed by atoms with E-state index in [1.54, 1.807) is 12.1 Å². The number of benzene rings is 2. The fraction of sp³-hybridized carbons (Fsp3) is 0.375. The molecule has 0 radical (unpaired) electrons. The summed E-state index contributed by atoms with van der Waals surface area (Å²) in [6.07, 6.45) is 2.34. The molecule has 2 heterocycles. The summed E-state index contributed by atoms with van der Waals surface area (Å²) < 4.78 is 31.4. The summed E-state index contributed by atoms with van der Waals surface area (Å²) in [6.45, 7) is 5.01. The first kappa shape index (κ1) is 20.6. The molecule has 0 amide bonds. The number of piperidine rings is 1. The van der Waals surface area contributed by atoms with Gasteiger partial charge >= 0.3 is 0 Å². The van der Waals surface area contributed by atoms with Crippen molar-refractivity contribution in [1.29, 1.82) is 0 Å². The summed E-state index contributed by atoms with van der Waals surface area (Å²) in [5.74, 6) is 1.08. The van der Waals surface area contributed by atoms with Crippen LogP contribution < -0.4 is 4.74 Å². The van der Waals surface area contributed by atoms with E-state index in [0.29, 0.717) is 36.1 Å². The fourth-order valence-electron chi connectivity index (χ4n) is 3.78. The molecule has 158 valence electrons. The molecule has 0 spiro atoms. The van der Waals surface area contributed by atoms with Crippen molar-refractivity contribution in [3.63, 3.8) is 0 Å². The first-order valence-corrected chi connectivity index (χ1v) is 10.3. The molecule has 0 N–H and O–H groups in total. The predicted octanol–water partition coefficient (Wildman–Crippen LogP) is 4.98. The third-order valence-electron chi connectivity index (χ3n) is 5.46. The van der Waals surface area contributed by atoms with Crippen LogP contribution in [0.15, 0.2) is 52.9 Å². The van der Waals surface area contributed by atoms with Crippen LogP contribution in [-0.2, 0) is 17.9 Å². The number of oxazole rings is 1. The Kier molecular flexibility index (Phi) is 6.45. The van der Waals surface area contributed by atoms with E-state index in [1.807, 2.05) is 25.1 Å². The molecule has 30 heavy (non-hydrogen) atoms. The van der Waals surface area contributed by atoms with Gasteiger partial charge in [-0.15, -0.1) is 0 Å². The molecule has 1 aromatic heterocycles. The minimum atomic E-state index is -0.408. The average molecular weight is 410 g/mol. The van der Waals surface area contributed by atoms with Crippen molar-refractivity contribution in [1.82, 2.24) is 9.88 Å². The summed E-state index contributed by atoms with van der Waals surface area (Å²) >= 11 is 0. The smallest absolute Gasteiger partial charge is 0.229 e. The molecule has 0 bridgehead atoms. The van der Waals surface area contributed by atoms with Gasteiger partial charge in [-0.25, -0.2) is 9.37 Å². The molecule has 1 aliphatic heterocycles. The van der Waals surface area contributed by atoms with Crippen LogP contribution in [0, 0.1) is 12.7 Å². The van der Waals surface area contributed by atoms with Crippen LogP contribution >= 0.6 is 0 Å². The van der Waals surface area contributed by atoms with E-state index in [2.05, 4.69) is 22.0 Å². The number of nitrogens with zero attached hydrogens (tertiary/aromatic N) is 2. The molecule has 0 saturated carbocycles. The standard InChI is InChI=1S/C24H27FN2O3/c1-17-23(26-24(30-17)21-11-10-19(28-2)13-22(21)25)15-27-12-6-9-20(14-27)29-16-18-7-4-3-5-8-18/h3-5,7-8,10-11,13,20H,6,9,12,14-16H2,1-2H3/t20-/m1/s1. The zero-order valence-electron chi connectivity index (χ0n) is 17.4. The van der Waals surface area contributed by atoms with Crippen LogP contribution in [0.5, 0.6) is 5.75 Å². The number of hydrogen-bond donors (Lipinski definition) is 0. The normalized spacial score (nSPS) is 17.2. The van der Waals surface area contributed by atoms with Gasteiger partial charge in [0.25, 0.3) is 0 Å². The molecular weight excluding hydrogens is 383 g/mol. The van der Waals surface area contributed by atoms with Crippen molar-refractivity contribution in [2.24, 2.45) is 0 Å². The second-order valence-electron chi connectivity index (χ2n) is 7.66. The monoisotopic (exact) mass is 410 g/mol. The van der Waals surface area contributed by atoms with E-state index in [4.69, 9.17) is 13.9 Å². The Morgan fingerprint density at radius 3 is 2.80 bits per heavy atom. The third kappa shape index (κ3) is 4.89. The molecule has 0 aliphatic carbocycles. The van der Waals surface area contributed by atoms with Crippen molar-refractivity contribution in [3.8, 4) is 17.2 Å². The molecule has 6 heteroatoms. The Bertz CT molecular complexity index is 974. The summed E-state index contributed by atoms with van der Waals surface area (Å²) in [5, 5.41) is 0. The highest BCUT2D eigenvalue weighted by Crippen LogP contribution is 2.28. The highest BCUT2D eigenvalue weighted by atomic mass is 19.1. The lowest BCUT2D eigenvalue weighted by Gasteiger charge is -2.32. The van der Waals surface area contributed by atoms with Crippen molar-refractivity contribution in [3.05, 3.63) is 71.4 Å². The number of likely N-dealkylation sites (tertiary alicyclic amines) is 1. The maximum absolute atomic E-state index is 14.4. The Morgan fingerprint density at radius 2 is 2.03 bits per heavy atom. The highest BCUT2D eigenvalue weighted by molar-refractivity contribution is 5.56. The van der Waals surface area contributed by atoms with E-state index in [-0.39, 0.29) is 6.10 Å². The number of hydrogen-bond acceptors (Lipinski definition) is 5.